The lowest BCUT2D eigenvalue weighted by atomic mass is 10.1. The van der Waals surface area contributed by atoms with E-state index < -0.39 is 10.0 Å². The third-order valence-electron chi connectivity index (χ3n) is 2.91. The van der Waals surface area contributed by atoms with Crippen LogP contribution in [0.2, 0.25) is 5.02 Å². The Morgan fingerprint density at radius 3 is 2.56 bits per heavy atom. The Kier molecular flexibility index (Phi) is 4.09. The summed E-state index contributed by atoms with van der Waals surface area (Å²) in [5.74, 6) is 0.886. The molecule has 0 aliphatic carbocycles. The van der Waals surface area contributed by atoms with Crippen molar-refractivity contribution in [2.24, 2.45) is 0 Å². The van der Waals surface area contributed by atoms with Crippen LogP contribution in [0, 0.1) is 0 Å². The zero-order chi connectivity index (χ0) is 13.2. The normalized spacial score (nSPS) is 18.0. The van der Waals surface area contributed by atoms with Crippen LogP contribution in [0.15, 0.2) is 18.3 Å². The summed E-state index contributed by atoms with van der Waals surface area (Å²) < 4.78 is 24.9. The molecule has 18 heavy (non-hydrogen) atoms. The molecule has 100 valence electrons. The van der Waals surface area contributed by atoms with Crippen molar-refractivity contribution in [1.82, 2.24) is 9.71 Å². The Bertz CT molecular complexity index is 496. The molecule has 5 nitrogen and oxygen atoms in total. The molecular weight excluding hydrogens is 274 g/mol. The molecule has 0 aromatic carbocycles. The van der Waals surface area contributed by atoms with Gasteiger partial charge in [0.1, 0.15) is 5.82 Å². The Balaban J connectivity index is 1.92. The van der Waals surface area contributed by atoms with Crippen molar-refractivity contribution in [3.63, 3.8) is 0 Å². The van der Waals surface area contributed by atoms with E-state index in [1.54, 1.807) is 6.20 Å². The number of hydrogen-bond acceptors (Lipinski definition) is 4. The van der Waals surface area contributed by atoms with E-state index in [1.165, 1.54) is 6.26 Å². The first-order valence-electron chi connectivity index (χ1n) is 5.78. The van der Waals surface area contributed by atoms with Crippen LogP contribution in [0.5, 0.6) is 0 Å². The molecular formula is C11H16ClN3O2S. The topological polar surface area (TPSA) is 62.3 Å². The summed E-state index contributed by atoms with van der Waals surface area (Å²) in [6.07, 6.45) is 4.40. The highest BCUT2D eigenvalue weighted by molar-refractivity contribution is 7.88. The maximum Gasteiger partial charge on any atom is 0.208 e. The van der Waals surface area contributed by atoms with Gasteiger partial charge < -0.3 is 4.90 Å². The van der Waals surface area contributed by atoms with Gasteiger partial charge >= 0.3 is 0 Å². The quantitative estimate of drug-likeness (QED) is 0.910. The average Bonchev–Trinajstić information content (AvgIpc) is 2.29. The molecule has 0 unspecified atom stereocenters. The Hall–Kier alpha value is -0.850. The number of sulfonamides is 1. The third kappa shape index (κ3) is 3.83. The standard InChI is InChI=1S/C11H16ClN3O2S/c1-18(16,17)14-10-4-6-15(7-5-10)11-3-2-9(12)8-13-11/h2-3,8,10,14H,4-7H2,1H3. The van der Waals surface area contributed by atoms with Crippen LogP contribution in [0.3, 0.4) is 0 Å². The molecule has 1 aliphatic heterocycles. The van der Waals surface area contributed by atoms with Crippen molar-refractivity contribution >= 4 is 27.4 Å². The van der Waals surface area contributed by atoms with E-state index in [0.717, 1.165) is 31.7 Å². The highest BCUT2D eigenvalue weighted by Crippen LogP contribution is 2.19. The third-order valence-corrected chi connectivity index (χ3v) is 3.90. The fourth-order valence-electron chi connectivity index (χ4n) is 2.08. The van der Waals surface area contributed by atoms with Crippen LogP contribution in [0.25, 0.3) is 0 Å². The monoisotopic (exact) mass is 289 g/mol. The van der Waals surface area contributed by atoms with Crippen LogP contribution in [0.4, 0.5) is 5.82 Å². The second kappa shape index (κ2) is 5.42. The van der Waals surface area contributed by atoms with Gasteiger partial charge in [0.15, 0.2) is 0 Å². The van der Waals surface area contributed by atoms with E-state index >= 15 is 0 Å². The number of rotatable bonds is 3. The molecule has 0 spiro atoms. The summed E-state index contributed by atoms with van der Waals surface area (Å²) in [7, 11) is -3.11. The number of nitrogens with zero attached hydrogens (tertiary/aromatic N) is 2. The fourth-order valence-corrected chi connectivity index (χ4v) is 3.04. The number of aromatic nitrogens is 1. The number of anilines is 1. The summed E-state index contributed by atoms with van der Waals surface area (Å²) in [6.45, 7) is 1.59. The van der Waals surface area contributed by atoms with Crippen molar-refractivity contribution < 1.29 is 8.42 Å². The molecule has 0 radical (unpaired) electrons. The van der Waals surface area contributed by atoms with E-state index in [4.69, 9.17) is 11.6 Å². The lowest BCUT2D eigenvalue weighted by Gasteiger charge is -2.32. The Morgan fingerprint density at radius 1 is 1.39 bits per heavy atom. The van der Waals surface area contributed by atoms with E-state index in [1.807, 2.05) is 12.1 Å². The van der Waals surface area contributed by atoms with E-state index in [-0.39, 0.29) is 6.04 Å². The smallest absolute Gasteiger partial charge is 0.208 e. The predicted molar refractivity (Wildman–Crippen MR) is 72.5 cm³/mol. The second-order valence-electron chi connectivity index (χ2n) is 4.49. The summed E-state index contributed by atoms with van der Waals surface area (Å²) in [5.41, 5.74) is 0. The summed E-state index contributed by atoms with van der Waals surface area (Å²) in [5, 5.41) is 0.618. The molecule has 1 aromatic heterocycles. The number of piperidine rings is 1. The van der Waals surface area contributed by atoms with Gasteiger partial charge in [-0.3, -0.25) is 0 Å². The number of halogens is 1. The minimum Gasteiger partial charge on any atom is -0.357 e. The molecule has 0 saturated carbocycles. The molecule has 1 aliphatic rings. The molecule has 2 heterocycles. The van der Waals surface area contributed by atoms with Gasteiger partial charge in [0.25, 0.3) is 0 Å². The van der Waals surface area contributed by atoms with Gasteiger partial charge in [-0.1, -0.05) is 11.6 Å². The van der Waals surface area contributed by atoms with E-state index in [9.17, 15) is 8.42 Å². The average molecular weight is 290 g/mol. The molecule has 0 bridgehead atoms. The van der Waals surface area contributed by atoms with Crippen molar-refractivity contribution in [3.05, 3.63) is 23.4 Å². The number of hydrogen-bond donors (Lipinski definition) is 1. The molecule has 1 aromatic rings. The minimum absolute atomic E-state index is 0.0311. The van der Waals surface area contributed by atoms with Crippen LogP contribution < -0.4 is 9.62 Å². The minimum atomic E-state index is -3.11. The summed E-state index contributed by atoms with van der Waals surface area (Å²) in [6, 6.07) is 3.72. The molecule has 0 atom stereocenters. The van der Waals surface area contributed by atoms with Gasteiger partial charge in [-0.25, -0.2) is 18.1 Å². The van der Waals surface area contributed by atoms with Crippen LogP contribution >= 0.6 is 11.6 Å². The highest BCUT2D eigenvalue weighted by atomic mass is 35.5. The van der Waals surface area contributed by atoms with Gasteiger partial charge in [0.2, 0.25) is 10.0 Å². The van der Waals surface area contributed by atoms with Gasteiger partial charge in [0.05, 0.1) is 11.3 Å². The Morgan fingerprint density at radius 2 is 2.06 bits per heavy atom. The van der Waals surface area contributed by atoms with E-state index in [0.29, 0.717) is 5.02 Å². The fraction of sp³-hybridized carbons (Fsp3) is 0.545. The largest absolute Gasteiger partial charge is 0.357 e. The van der Waals surface area contributed by atoms with Gasteiger partial charge in [0, 0.05) is 25.3 Å². The molecule has 1 N–H and O–H groups in total. The second-order valence-corrected chi connectivity index (χ2v) is 6.70. The zero-order valence-corrected chi connectivity index (χ0v) is 11.7. The van der Waals surface area contributed by atoms with Gasteiger partial charge in [-0.2, -0.15) is 0 Å². The SMILES string of the molecule is CS(=O)(=O)NC1CCN(c2ccc(Cl)cn2)CC1. The highest BCUT2D eigenvalue weighted by Gasteiger charge is 2.22. The summed E-state index contributed by atoms with van der Waals surface area (Å²) in [4.78, 5) is 6.39. The molecule has 1 fully saturated rings. The maximum atomic E-state index is 11.1. The van der Waals surface area contributed by atoms with Gasteiger partial charge in [-0.15, -0.1) is 0 Å². The van der Waals surface area contributed by atoms with E-state index in [2.05, 4.69) is 14.6 Å². The van der Waals surface area contributed by atoms with Crippen molar-refractivity contribution in [1.29, 1.82) is 0 Å². The van der Waals surface area contributed by atoms with Crippen LogP contribution in [-0.2, 0) is 10.0 Å². The van der Waals surface area contributed by atoms with Crippen molar-refractivity contribution in [2.75, 3.05) is 24.2 Å². The van der Waals surface area contributed by atoms with Crippen molar-refractivity contribution in [3.8, 4) is 0 Å². The van der Waals surface area contributed by atoms with Crippen molar-refractivity contribution in [2.45, 2.75) is 18.9 Å². The molecule has 7 heteroatoms. The lowest BCUT2D eigenvalue weighted by molar-refractivity contribution is 0.460. The number of nitrogens with one attached hydrogen (secondary N) is 1. The van der Waals surface area contributed by atoms with Crippen LogP contribution in [-0.4, -0.2) is 38.8 Å². The van der Waals surface area contributed by atoms with Gasteiger partial charge in [-0.05, 0) is 25.0 Å². The lowest BCUT2D eigenvalue weighted by Crippen LogP contribution is -2.44. The van der Waals surface area contributed by atoms with Crippen LogP contribution in [0.1, 0.15) is 12.8 Å². The molecule has 0 amide bonds. The predicted octanol–water partition coefficient (Wildman–Crippen LogP) is 1.25. The first-order valence-corrected chi connectivity index (χ1v) is 8.05. The summed E-state index contributed by atoms with van der Waals surface area (Å²) >= 11 is 5.79. The first kappa shape index (κ1) is 13.6. The maximum absolute atomic E-state index is 11.1. The molecule has 1 saturated heterocycles. The number of pyridine rings is 1. The molecule has 2 rings (SSSR count). The zero-order valence-electron chi connectivity index (χ0n) is 10.1. The Labute approximate surface area is 112 Å². The first-order chi connectivity index (χ1) is 8.44.